The lowest BCUT2D eigenvalue weighted by atomic mass is 9.93. The van der Waals surface area contributed by atoms with Crippen LogP contribution in [0.1, 0.15) is 39.5 Å². The molecule has 1 aliphatic heterocycles. The molecule has 1 aliphatic carbocycles. The van der Waals surface area contributed by atoms with Crippen molar-refractivity contribution in [1.82, 2.24) is 9.80 Å². The molecule has 2 N–H and O–H groups in total. The van der Waals surface area contributed by atoms with Gasteiger partial charge in [0, 0.05) is 37.8 Å². The van der Waals surface area contributed by atoms with Crippen LogP contribution in [0.5, 0.6) is 0 Å². The van der Waals surface area contributed by atoms with Crippen LogP contribution >= 0.6 is 0 Å². The van der Waals surface area contributed by atoms with Crippen molar-refractivity contribution in [1.29, 1.82) is 0 Å². The van der Waals surface area contributed by atoms with Gasteiger partial charge in [-0.05, 0) is 26.3 Å². The first-order valence-corrected chi connectivity index (χ1v) is 6.91. The number of hydrogen-bond acceptors (Lipinski definition) is 3. The largest absolute Gasteiger partial charge is 0.329 e. The van der Waals surface area contributed by atoms with Crippen molar-refractivity contribution < 1.29 is 0 Å². The molecule has 1 unspecified atom stereocenters. The molecule has 0 spiro atoms. The fourth-order valence-electron chi connectivity index (χ4n) is 3.58. The van der Waals surface area contributed by atoms with E-state index in [1.54, 1.807) is 0 Å². The van der Waals surface area contributed by atoms with Gasteiger partial charge in [0.25, 0.3) is 0 Å². The molecule has 2 fully saturated rings. The van der Waals surface area contributed by atoms with Gasteiger partial charge in [0.05, 0.1) is 0 Å². The topological polar surface area (TPSA) is 32.5 Å². The molecule has 94 valence electrons. The second-order valence-corrected chi connectivity index (χ2v) is 5.56. The zero-order chi connectivity index (χ0) is 11.6. The number of nitrogens with zero attached hydrogens (tertiary/aromatic N) is 2. The van der Waals surface area contributed by atoms with E-state index >= 15 is 0 Å². The Hall–Kier alpha value is -0.120. The molecule has 3 heteroatoms. The summed E-state index contributed by atoms with van der Waals surface area (Å²) < 4.78 is 0. The average molecular weight is 225 g/mol. The minimum Gasteiger partial charge on any atom is -0.329 e. The van der Waals surface area contributed by atoms with E-state index in [0.29, 0.717) is 11.6 Å². The molecule has 16 heavy (non-hydrogen) atoms. The standard InChI is InChI=1S/C13H27N3/c1-3-15-8-9-16(10-12(15)2)13(11-14)6-4-5-7-13/h12H,3-11,14H2,1-2H3. The SMILES string of the molecule is CCN1CCN(C2(CN)CCCC2)CC1C. The quantitative estimate of drug-likeness (QED) is 0.785. The highest BCUT2D eigenvalue weighted by atomic mass is 15.3. The summed E-state index contributed by atoms with van der Waals surface area (Å²) in [5, 5.41) is 0. The van der Waals surface area contributed by atoms with E-state index in [-0.39, 0.29) is 0 Å². The van der Waals surface area contributed by atoms with Crippen LogP contribution in [0.15, 0.2) is 0 Å². The van der Waals surface area contributed by atoms with E-state index in [0.717, 1.165) is 6.54 Å². The Balaban J connectivity index is 2.00. The fourth-order valence-corrected chi connectivity index (χ4v) is 3.58. The summed E-state index contributed by atoms with van der Waals surface area (Å²) in [7, 11) is 0. The van der Waals surface area contributed by atoms with Crippen LogP contribution in [-0.2, 0) is 0 Å². The molecule has 0 aromatic rings. The maximum Gasteiger partial charge on any atom is 0.0332 e. The van der Waals surface area contributed by atoms with Crippen LogP contribution in [-0.4, -0.2) is 54.1 Å². The van der Waals surface area contributed by atoms with Crippen molar-refractivity contribution in [3.05, 3.63) is 0 Å². The molecule has 2 rings (SSSR count). The summed E-state index contributed by atoms with van der Waals surface area (Å²) in [5.41, 5.74) is 6.41. The molecule has 0 bridgehead atoms. The van der Waals surface area contributed by atoms with Crippen LogP contribution < -0.4 is 5.73 Å². The highest BCUT2D eigenvalue weighted by Crippen LogP contribution is 2.35. The summed E-state index contributed by atoms with van der Waals surface area (Å²) in [5.74, 6) is 0. The predicted molar refractivity (Wildman–Crippen MR) is 68.5 cm³/mol. The van der Waals surface area contributed by atoms with E-state index in [4.69, 9.17) is 5.73 Å². The van der Waals surface area contributed by atoms with Gasteiger partial charge in [-0.3, -0.25) is 9.80 Å². The third-order valence-corrected chi connectivity index (χ3v) is 4.76. The third kappa shape index (κ3) is 2.13. The van der Waals surface area contributed by atoms with E-state index in [1.165, 1.54) is 51.9 Å². The number of rotatable bonds is 3. The van der Waals surface area contributed by atoms with Crippen LogP contribution in [0.4, 0.5) is 0 Å². The summed E-state index contributed by atoms with van der Waals surface area (Å²) in [6.45, 7) is 10.3. The molecular formula is C13H27N3. The Morgan fingerprint density at radius 3 is 2.44 bits per heavy atom. The molecular weight excluding hydrogens is 198 g/mol. The third-order valence-electron chi connectivity index (χ3n) is 4.76. The Morgan fingerprint density at radius 2 is 1.94 bits per heavy atom. The van der Waals surface area contributed by atoms with Crippen molar-refractivity contribution in [3.8, 4) is 0 Å². The average Bonchev–Trinajstić information content (AvgIpc) is 2.78. The first-order valence-electron chi connectivity index (χ1n) is 6.91. The van der Waals surface area contributed by atoms with Crippen molar-refractivity contribution in [2.75, 3.05) is 32.7 Å². The van der Waals surface area contributed by atoms with E-state index < -0.39 is 0 Å². The lowest BCUT2D eigenvalue weighted by Gasteiger charge is -2.48. The van der Waals surface area contributed by atoms with E-state index in [1.807, 2.05) is 0 Å². The number of hydrogen-bond donors (Lipinski definition) is 1. The maximum atomic E-state index is 6.06. The highest BCUT2D eigenvalue weighted by Gasteiger charge is 2.40. The normalized spacial score (nSPS) is 32.1. The molecule has 0 amide bonds. The van der Waals surface area contributed by atoms with Crippen LogP contribution in [0.3, 0.4) is 0 Å². The van der Waals surface area contributed by atoms with Crippen LogP contribution in [0.25, 0.3) is 0 Å². The molecule has 2 aliphatic rings. The molecule has 1 saturated heterocycles. The Morgan fingerprint density at radius 1 is 1.25 bits per heavy atom. The first kappa shape index (κ1) is 12.3. The summed E-state index contributed by atoms with van der Waals surface area (Å²) in [6.07, 6.45) is 5.39. The van der Waals surface area contributed by atoms with Crippen molar-refractivity contribution >= 4 is 0 Å². The van der Waals surface area contributed by atoms with Crippen molar-refractivity contribution in [2.45, 2.75) is 51.1 Å². The van der Waals surface area contributed by atoms with Gasteiger partial charge in [0.15, 0.2) is 0 Å². The lowest BCUT2D eigenvalue weighted by molar-refractivity contribution is 0.0129. The Bertz CT molecular complexity index is 223. The number of likely N-dealkylation sites (N-methyl/N-ethyl adjacent to an activating group) is 1. The Kier molecular flexibility index (Phi) is 3.88. The number of piperazine rings is 1. The molecule has 1 atom stereocenters. The molecule has 1 saturated carbocycles. The first-order chi connectivity index (χ1) is 7.72. The van der Waals surface area contributed by atoms with Crippen molar-refractivity contribution in [2.24, 2.45) is 5.73 Å². The van der Waals surface area contributed by atoms with Gasteiger partial charge < -0.3 is 5.73 Å². The zero-order valence-corrected chi connectivity index (χ0v) is 10.9. The van der Waals surface area contributed by atoms with Gasteiger partial charge in [-0.1, -0.05) is 19.8 Å². The smallest absolute Gasteiger partial charge is 0.0332 e. The molecule has 0 aromatic heterocycles. The molecule has 3 nitrogen and oxygen atoms in total. The molecule has 1 heterocycles. The van der Waals surface area contributed by atoms with Crippen LogP contribution in [0, 0.1) is 0 Å². The molecule has 0 radical (unpaired) electrons. The molecule has 0 aromatic carbocycles. The zero-order valence-electron chi connectivity index (χ0n) is 10.9. The second kappa shape index (κ2) is 5.03. The minimum absolute atomic E-state index is 0.355. The van der Waals surface area contributed by atoms with Gasteiger partial charge in [-0.25, -0.2) is 0 Å². The maximum absolute atomic E-state index is 6.06. The van der Waals surface area contributed by atoms with Gasteiger partial charge in [-0.15, -0.1) is 0 Å². The lowest BCUT2D eigenvalue weighted by Crippen LogP contribution is -2.61. The van der Waals surface area contributed by atoms with Gasteiger partial charge in [-0.2, -0.15) is 0 Å². The summed E-state index contributed by atoms with van der Waals surface area (Å²) in [6, 6.07) is 0.697. The summed E-state index contributed by atoms with van der Waals surface area (Å²) in [4.78, 5) is 5.27. The fraction of sp³-hybridized carbons (Fsp3) is 1.00. The van der Waals surface area contributed by atoms with Crippen LogP contribution in [0.2, 0.25) is 0 Å². The van der Waals surface area contributed by atoms with Gasteiger partial charge >= 0.3 is 0 Å². The second-order valence-electron chi connectivity index (χ2n) is 5.56. The van der Waals surface area contributed by atoms with E-state index in [2.05, 4.69) is 23.6 Å². The van der Waals surface area contributed by atoms with Crippen molar-refractivity contribution in [3.63, 3.8) is 0 Å². The van der Waals surface area contributed by atoms with E-state index in [9.17, 15) is 0 Å². The Labute approximate surface area is 100.0 Å². The minimum atomic E-state index is 0.355. The number of nitrogens with two attached hydrogens (primary N) is 1. The van der Waals surface area contributed by atoms with Gasteiger partial charge in [0.1, 0.15) is 0 Å². The predicted octanol–water partition coefficient (Wildman–Crippen LogP) is 1.28. The monoisotopic (exact) mass is 225 g/mol. The van der Waals surface area contributed by atoms with Gasteiger partial charge in [0.2, 0.25) is 0 Å². The highest BCUT2D eigenvalue weighted by molar-refractivity contribution is 4.98. The summed E-state index contributed by atoms with van der Waals surface area (Å²) >= 11 is 0.